The maximum Gasteiger partial charge on any atom is 0.246 e. The van der Waals surface area contributed by atoms with E-state index in [-0.39, 0.29) is 17.7 Å². The van der Waals surface area contributed by atoms with E-state index in [0.29, 0.717) is 34.5 Å². The Hall–Kier alpha value is -2.37. The zero-order valence-corrected chi connectivity index (χ0v) is 16.1. The number of halogens is 2. The fraction of sp³-hybridized carbons (Fsp3) is 0.250. The van der Waals surface area contributed by atoms with Gasteiger partial charge in [0.1, 0.15) is 5.82 Å². The molecule has 140 valence electrons. The lowest BCUT2D eigenvalue weighted by atomic mass is 9.97. The molecule has 1 N–H and O–H groups in total. The molecular weight excluding hydrogens is 385 g/mol. The summed E-state index contributed by atoms with van der Waals surface area (Å²) < 4.78 is 0. The summed E-state index contributed by atoms with van der Waals surface area (Å²) in [6.45, 7) is 1.00. The Morgan fingerprint density at radius 2 is 2.07 bits per heavy atom. The number of nitrogens with one attached hydrogen (secondary N) is 1. The van der Waals surface area contributed by atoms with Crippen LogP contribution in [0.5, 0.6) is 0 Å². The van der Waals surface area contributed by atoms with Gasteiger partial charge in [-0.2, -0.15) is 0 Å². The number of benzene rings is 1. The molecule has 7 heteroatoms. The van der Waals surface area contributed by atoms with Crippen LogP contribution in [0.4, 0.5) is 5.82 Å². The van der Waals surface area contributed by atoms with Crippen LogP contribution in [0.3, 0.4) is 0 Å². The SMILES string of the molecule is O=C(Nc1ccccn1)C1CCCN(C(=O)/C=C/c2cc(Cl)ccc2Cl)C1. The summed E-state index contributed by atoms with van der Waals surface area (Å²) in [6, 6.07) is 10.4. The first-order valence-corrected chi connectivity index (χ1v) is 9.42. The average molecular weight is 404 g/mol. The molecule has 1 aromatic carbocycles. The number of carbonyl (C=O) groups is 2. The molecule has 0 spiro atoms. The molecule has 2 amide bonds. The average Bonchev–Trinajstić information content (AvgIpc) is 2.69. The first kappa shape index (κ1) is 19.4. The number of pyridine rings is 1. The summed E-state index contributed by atoms with van der Waals surface area (Å²) in [4.78, 5) is 30.8. The van der Waals surface area contributed by atoms with Crippen molar-refractivity contribution < 1.29 is 9.59 Å². The Labute approximate surface area is 168 Å². The number of likely N-dealkylation sites (tertiary alicyclic amines) is 1. The van der Waals surface area contributed by atoms with Crippen LogP contribution in [0.2, 0.25) is 10.0 Å². The molecule has 5 nitrogen and oxygen atoms in total. The molecule has 0 radical (unpaired) electrons. The molecule has 0 bridgehead atoms. The predicted molar refractivity (Wildman–Crippen MR) is 108 cm³/mol. The molecule has 0 aliphatic carbocycles. The van der Waals surface area contributed by atoms with Crippen molar-refractivity contribution in [2.24, 2.45) is 5.92 Å². The lowest BCUT2D eigenvalue weighted by molar-refractivity contribution is -0.130. The molecule has 27 heavy (non-hydrogen) atoms. The van der Waals surface area contributed by atoms with Gasteiger partial charge in [0.25, 0.3) is 0 Å². The van der Waals surface area contributed by atoms with E-state index in [4.69, 9.17) is 23.2 Å². The summed E-state index contributed by atoms with van der Waals surface area (Å²) in [6.07, 6.45) is 6.26. The number of carbonyl (C=O) groups excluding carboxylic acids is 2. The topological polar surface area (TPSA) is 62.3 Å². The van der Waals surface area contributed by atoms with E-state index in [1.807, 2.05) is 6.07 Å². The van der Waals surface area contributed by atoms with Gasteiger partial charge in [-0.05, 0) is 54.8 Å². The maximum absolute atomic E-state index is 12.5. The van der Waals surface area contributed by atoms with Crippen LogP contribution in [0, 0.1) is 5.92 Å². The molecule has 3 rings (SSSR count). The molecule has 2 aromatic rings. The lowest BCUT2D eigenvalue weighted by Gasteiger charge is -2.31. The van der Waals surface area contributed by atoms with Crippen molar-refractivity contribution in [1.82, 2.24) is 9.88 Å². The Morgan fingerprint density at radius 1 is 1.22 bits per heavy atom. The summed E-state index contributed by atoms with van der Waals surface area (Å²) >= 11 is 12.1. The second-order valence-corrected chi connectivity index (χ2v) is 7.17. The molecule has 1 aliphatic rings. The van der Waals surface area contributed by atoms with Crippen LogP contribution in [0.25, 0.3) is 6.08 Å². The van der Waals surface area contributed by atoms with Crippen LogP contribution < -0.4 is 5.32 Å². The van der Waals surface area contributed by atoms with E-state index >= 15 is 0 Å². The highest BCUT2D eigenvalue weighted by Gasteiger charge is 2.27. The molecular formula is C20H19Cl2N3O2. The minimum absolute atomic E-state index is 0.118. The Morgan fingerprint density at radius 3 is 2.85 bits per heavy atom. The molecule has 0 saturated carbocycles. The van der Waals surface area contributed by atoms with Crippen molar-refractivity contribution >= 4 is 46.9 Å². The zero-order chi connectivity index (χ0) is 19.2. The van der Waals surface area contributed by atoms with Gasteiger partial charge >= 0.3 is 0 Å². The standard InChI is InChI=1S/C20H19Cl2N3O2/c21-16-7-8-17(22)14(12-16)6-9-19(26)25-11-3-4-15(13-25)20(27)24-18-5-1-2-10-23-18/h1-2,5-10,12,15H,3-4,11,13H2,(H,23,24,27)/b9-6+. The zero-order valence-electron chi connectivity index (χ0n) is 14.6. The number of piperidine rings is 1. The molecule has 1 unspecified atom stereocenters. The first-order chi connectivity index (χ1) is 13.0. The van der Waals surface area contributed by atoms with Crippen molar-refractivity contribution in [3.8, 4) is 0 Å². The second-order valence-electron chi connectivity index (χ2n) is 6.33. The Balaban J connectivity index is 1.61. The normalized spacial score (nSPS) is 17.1. The number of hydrogen-bond donors (Lipinski definition) is 1. The molecule has 2 heterocycles. The number of nitrogens with zero attached hydrogens (tertiary/aromatic N) is 2. The van der Waals surface area contributed by atoms with Gasteiger partial charge in [-0.15, -0.1) is 0 Å². The van der Waals surface area contributed by atoms with Crippen molar-refractivity contribution in [3.63, 3.8) is 0 Å². The third-order valence-corrected chi connectivity index (χ3v) is 4.96. The highest BCUT2D eigenvalue weighted by molar-refractivity contribution is 6.34. The molecule has 1 aromatic heterocycles. The number of hydrogen-bond acceptors (Lipinski definition) is 3. The van der Waals surface area contributed by atoms with E-state index in [9.17, 15) is 9.59 Å². The van der Waals surface area contributed by atoms with Crippen molar-refractivity contribution in [1.29, 1.82) is 0 Å². The van der Waals surface area contributed by atoms with Crippen molar-refractivity contribution in [2.45, 2.75) is 12.8 Å². The van der Waals surface area contributed by atoms with Crippen LogP contribution in [0.15, 0.2) is 48.7 Å². The molecule has 1 atom stereocenters. The first-order valence-electron chi connectivity index (χ1n) is 8.67. The van der Waals surface area contributed by atoms with Crippen molar-refractivity contribution in [2.75, 3.05) is 18.4 Å². The minimum atomic E-state index is -0.257. The van der Waals surface area contributed by atoms with E-state index in [0.717, 1.165) is 12.8 Å². The fourth-order valence-corrected chi connectivity index (χ4v) is 3.33. The van der Waals surface area contributed by atoms with Crippen molar-refractivity contribution in [3.05, 3.63) is 64.3 Å². The lowest BCUT2D eigenvalue weighted by Crippen LogP contribution is -2.43. The Bertz CT molecular complexity index is 856. The monoisotopic (exact) mass is 403 g/mol. The maximum atomic E-state index is 12.5. The highest BCUT2D eigenvalue weighted by atomic mass is 35.5. The van der Waals surface area contributed by atoms with Crippen LogP contribution in [0.1, 0.15) is 18.4 Å². The second kappa shape index (κ2) is 9.02. The van der Waals surface area contributed by atoms with Crippen LogP contribution in [-0.4, -0.2) is 34.8 Å². The molecule has 1 saturated heterocycles. The molecule has 1 fully saturated rings. The summed E-state index contributed by atoms with van der Waals surface area (Å²) in [5.41, 5.74) is 0.680. The Kier molecular flexibility index (Phi) is 6.48. The largest absolute Gasteiger partial charge is 0.338 e. The van der Waals surface area contributed by atoms with Gasteiger partial charge in [-0.3, -0.25) is 9.59 Å². The predicted octanol–water partition coefficient (Wildman–Crippen LogP) is 4.28. The fourth-order valence-electron chi connectivity index (χ4n) is 2.97. The minimum Gasteiger partial charge on any atom is -0.338 e. The van der Waals surface area contributed by atoms with Gasteiger partial charge in [0.05, 0.1) is 5.92 Å². The quantitative estimate of drug-likeness (QED) is 0.774. The third kappa shape index (κ3) is 5.31. The van der Waals surface area contributed by atoms with E-state index in [2.05, 4.69) is 10.3 Å². The molecule has 1 aliphatic heterocycles. The summed E-state index contributed by atoms with van der Waals surface area (Å²) in [5, 5.41) is 3.88. The van der Waals surface area contributed by atoms with Gasteiger partial charge in [0.2, 0.25) is 11.8 Å². The van der Waals surface area contributed by atoms with Gasteiger partial charge in [0.15, 0.2) is 0 Å². The number of aromatic nitrogens is 1. The third-order valence-electron chi connectivity index (χ3n) is 4.38. The van der Waals surface area contributed by atoms with Gasteiger partial charge < -0.3 is 10.2 Å². The van der Waals surface area contributed by atoms with E-state index < -0.39 is 0 Å². The number of rotatable bonds is 4. The van der Waals surface area contributed by atoms with Gasteiger partial charge in [-0.1, -0.05) is 29.3 Å². The smallest absolute Gasteiger partial charge is 0.246 e. The number of amides is 2. The summed E-state index contributed by atoms with van der Waals surface area (Å²) in [7, 11) is 0. The van der Waals surface area contributed by atoms with E-state index in [1.54, 1.807) is 47.5 Å². The van der Waals surface area contributed by atoms with E-state index in [1.165, 1.54) is 6.08 Å². The van der Waals surface area contributed by atoms with Crippen LogP contribution in [-0.2, 0) is 9.59 Å². The summed E-state index contributed by atoms with van der Waals surface area (Å²) in [5.74, 6) is -0.0104. The highest BCUT2D eigenvalue weighted by Crippen LogP contribution is 2.23. The number of anilines is 1. The van der Waals surface area contributed by atoms with Gasteiger partial charge in [-0.25, -0.2) is 4.98 Å². The van der Waals surface area contributed by atoms with Gasteiger partial charge in [0, 0.05) is 35.4 Å². The van der Waals surface area contributed by atoms with Crippen LogP contribution >= 0.6 is 23.2 Å².